The minimum Gasteiger partial charge on any atom is -0.376 e. The number of hydrogen-bond donors (Lipinski definition) is 1. The highest BCUT2D eigenvalue weighted by Crippen LogP contribution is 2.17. The fourth-order valence-corrected chi connectivity index (χ4v) is 2.52. The highest BCUT2D eigenvalue weighted by Gasteiger charge is 2.29. The largest absolute Gasteiger partial charge is 0.376 e. The zero-order valence-corrected chi connectivity index (χ0v) is 11.5. The van der Waals surface area contributed by atoms with Crippen LogP contribution in [0.2, 0.25) is 0 Å². The molecule has 3 nitrogen and oxygen atoms in total. The van der Waals surface area contributed by atoms with Crippen LogP contribution < -0.4 is 5.32 Å². The highest BCUT2D eigenvalue weighted by molar-refractivity contribution is 4.86. The third-order valence-electron chi connectivity index (χ3n) is 3.31. The minimum absolute atomic E-state index is 0.194. The maximum atomic E-state index is 5.72. The van der Waals surface area contributed by atoms with Crippen LogP contribution in [0.3, 0.4) is 0 Å². The molecule has 1 N–H and O–H groups in total. The Morgan fingerprint density at radius 2 is 2.06 bits per heavy atom. The predicted octanol–water partition coefficient (Wildman–Crippen LogP) is 1.87. The van der Waals surface area contributed by atoms with E-state index in [0.29, 0.717) is 12.1 Å². The maximum absolute atomic E-state index is 5.72. The summed E-state index contributed by atoms with van der Waals surface area (Å²) in [6.07, 6.45) is 1.55. The van der Waals surface area contributed by atoms with E-state index < -0.39 is 0 Å². The first-order valence-corrected chi connectivity index (χ1v) is 6.59. The van der Waals surface area contributed by atoms with E-state index in [4.69, 9.17) is 4.74 Å². The number of hydrogen-bond acceptors (Lipinski definition) is 3. The van der Waals surface area contributed by atoms with Crippen molar-refractivity contribution in [2.45, 2.75) is 58.7 Å². The lowest BCUT2D eigenvalue weighted by Crippen LogP contribution is -2.56. The molecule has 0 aromatic heterocycles. The van der Waals surface area contributed by atoms with Crippen LogP contribution in [0.5, 0.6) is 0 Å². The molecule has 3 heteroatoms. The van der Waals surface area contributed by atoms with E-state index in [1.54, 1.807) is 0 Å². The van der Waals surface area contributed by atoms with Gasteiger partial charge in [0, 0.05) is 24.7 Å². The number of nitrogens with zero attached hydrogens (tertiary/aromatic N) is 1. The van der Waals surface area contributed by atoms with Crippen molar-refractivity contribution in [1.82, 2.24) is 10.2 Å². The molecule has 0 spiro atoms. The van der Waals surface area contributed by atoms with E-state index >= 15 is 0 Å². The number of rotatable bonds is 5. The smallest absolute Gasteiger partial charge is 0.0674 e. The fourth-order valence-electron chi connectivity index (χ4n) is 2.52. The first-order chi connectivity index (χ1) is 7.48. The molecule has 16 heavy (non-hydrogen) atoms. The molecule has 0 aromatic carbocycles. The summed E-state index contributed by atoms with van der Waals surface area (Å²) in [6, 6.07) is 0.592. The average molecular weight is 228 g/mol. The van der Waals surface area contributed by atoms with Crippen LogP contribution in [0.4, 0.5) is 0 Å². The van der Waals surface area contributed by atoms with Gasteiger partial charge in [-0.05, 0) is 33.7 Å². The number of ether oxygens (including phenoxy) is 1. The quantitative estimate of drug-likeness (QED) is 0.777. The van der Waals surface area contributed by atoms with Gasteiger partial charge in [-0.25, -0.2) is 0 Å². The van der Waals surface area contributed by atoms with Gasteiger partial charge in [-0.1, -0.05) is 13.8 Å². The lowest BCUT2D eigenvalue weighted by molar-refractivity contribution is -0.0625. The summed E-state index contributed by atoms with van der Waals surface area (Å²) in [5.41, 5.74) is 0.194. The third kappa shape index (κ3) is 4.04. The fraction of sp³-hybridized carbons (Fsp3) is 1.00. The molecular formula is C13H28N2O. The lowest BCUT2D eigenvalue weighted by Gasteiger charge is -2.42. The van der Waals surface area contributed by atoms with Crippen molar-refractivity contribution < 1.29 is 4.74 Å². The van der Waals surface area contributed by atoms with Gasteiger partial charge in [0.1, 0.15) is 0 Å². The van der Waals surface area contributed by atoms with Crippen molar-refractivity contribution in [3.05, 3.63) is 0 Å². The van der Waals surface area contributed by atoms with Crippen LogP contribution in [-0.2, 0) is 4.74 Å². The molecule has 1 fully saturated rings. The topological polar surface area (TPSA) is 24.5 Å². The summed E-state index contributed by atoms with van der Waals surface area (Å²) in [4.78, 5) is 2.58. The Bertz CT molecular complexity index is 206. The molecule has 1 saturated heterocycles. The molecule has 2 unspecified atom stereocenters. The molecule has 1 aliphatic rings. The molecular weight excluding hydrogens is 200 g/mol. The Morgan fingerprint density at radius 1 is 1.38 bits per heavy atom. The van der Waals surface area contributed by atoms with E-state index in [1.165, 1.54) is 6.42 Å². The van der Waals surface area contributed by atoms with Crippen molar-refractivity contribution in [2.75, 3.05) is 26.2 Å². The van der Waals surface area contributed by atoms with Gasteiger partial charge in [0.05, 0.1) is 12.7 Å². The molecule has 0 aromatic rings. The molecule has 0 bridgehead atoms. The second-order valence-corrected chi connectivity index (χ2v) is 5.55. The summed E-state index contributed by atoms with van der Waals surface area (Å²) in [6.45, 7) is 15.2. The SMILES string of the molecule is CCNC(C)(C)CN1CC(C)OCC1CC. The summed E-state index contributed by atoms with van der Waals surface area (Å²) >= 11 is 0. The van der Waals surface area contributed by atoms with Gasteiger partial charge >= 0.3 is 0 Å². The number of nitrogens with one attached hydrogen (secondary N) is 1. The molecule has 0 aliphatic carbocycles. The van der Waals surface area contributed by atoms with Gasteiger partial charge in [0.2, 0.25) is 0 Å². The van der Waals surface area contributed by atoms with Crippen molar-refractivity contribution in [2.24, 2.45) is 0 Å². The Kier molecular flexibility index (Phi) is 5.22. The number of likely N-dealkylation sites (N-methyl/N-ethyl adjacent to an activating group) is 1. The van der Waals surface area contributed by atoms with E-state index in [0.717, 1.165) is 26.2 Å². The molecule has 1 rings (SSSR count). The maximum Gasteiger partial charge on any atom is 0.0674 e. The Labute approximate surface area is 101 Å². The van der Waals surface area contributed by atoms with Crippen molar-refractivity contribution in [1.29, 1.82) is 0 Å². The summed E-state index contributed by atoms with van der Waals surface area (Å²) < 4.78 is 5.72. The molecule has 0 saturated carbocycles. The second-order valence-electron chi connectivity index (χ2n) is 5.55. The van der Waals surface area contributed by atoms with Crippen molar-refractivity contribution in [3.63, 3.8) is 0 Å². The monoisotopic (exact) mass is 228 g/mol. The third-order valence-corrected chi connectivity index (χ3v) is 3.31. The zero-order valence-electron chi connectivity index (χ0n) is 11.5. The van der Waals surface area contributed by atoms with E-state index in [1.807, 2.05) is 0 Å². The van der Waals surface area contributed by atoms with Crippen LogP contribution in [-0.4, -0.2) is 48.8 Å². The molecule has 2 atom stereocenters. The zero-order chi connectivity index (χ0) is 12.2. The van der Waals surface area contributed by atoms with Crippen LogP contribution >= 0.6 is 0 Å². The van der Waals surface area contributed by atoms with Crippen LogP contribution in [0.15, 0.2) is 0 Å². The molecule has 0 amide bonds. The molecule has 96 valence electrons. The van der Waals surface area contributed by atoms with Crippen molar-refractivity contribution >= 4 is 0 Å². The summed E-state index contributed by atoms with van der Waals surface area (Å²) in [5.74, 6) is 0. The molecule has 0 radical (unpaired) electrons. The molecule has 1 aliphatic heterocycles. The van der Waals surface area contributed by atoms with E-state index in [9.17, 15) is 0 Å². The molecule has 1 heterocycles. The minimum atomic E-state index is 0.194. The van der Waals surface area contributed by atoms with E-state index in [2.05, 4.69) is 44.8 Å². The van der Waals surface area contributed by atoms with Gasteiger partial charge < -0.3 is 10.1 Å². The lowest BCUT2D eigenvalue weighted by atomic mass is 10.0. The Balaban J connectivity index is 2.54. The normalized spacial score (nSPS) is 28.3. The van der Waals surface area contributed by atoms with Crippen molar-refractivity contribution in [3.8, 4) is 0 Å². The van der Waals surface area contributed by atoms with Crippen LogP contribution in [0.25, 0.3) is 0 Å². The summed E-state index contributed by atoms with van der Waals surface area (Å²) in [7, 11) is 0. The first kappa shape index (κ1) is 13.9. The van der Waals surface area contributed by atoms with Crippen LogP contribution in [0.1, 0.15) is 41.0 Å². The average Bonchev–Trinajstić information content (AvgIpc) is 2.17. The standard InChI is InChI=1S/C13H28N2O/c1-6-12-9-16-11(3)8-15(12)10-13(4,5)14-7-2/h11-12,14H,6-10H2,1-5H3. The van der Waals surface area contributed by atoms with Crippen LogP contribution in [0, 0.1) is 0 Å². The Morgan fingerprint density at radius 3 is 2.62 bits per heavy atom. The second kappa shape index (κ2) is 5.99. The van der Waals surface area contributed by atoms with Gasteiger partial charge in [0.15, 0.2) is 0 Å². The predicted molar refractivity (Wildman–Crippen MR) is 68.8 cm³/mol. The van der Waals surface area contributed by atoms with Gasteiger partial charge in [-0.3, -0.25) is 4.90 Å². The van der Waals surface area contributed by atoms with Gasteiger partial charge in [0.25, 0.3) is 0 Å². The highest BCUT2D eigenvalue weighted by atomic mass is 16.5. The number of morpholine rings is 1. The van der Waals surface area contributed by atoms with Gasteiger partial charge in [-0.15, -0.1) is 0 Å². The first-order valence-electron chi connectivity index (χ1n) is 6.59. The van der Waals surface area contributed by atoms with E-state index in [-0.39, 0.29) is 5.54 Å². The Hall–Kier alpha value is -0.120. The van der Waals surface area contributed by atoms with Gasteiger partial charge in [-0.2, -0.15) is 0 Å². The summed E-state index contributed by atoms with van der Waals surface area (Å²) in [5, 5.41) is 3.55.